The van der Waals surface area contributed by atoms with Crippen molar-refractivity contribution >= 4 is 28.9 Å². The van der Waals surface area contributed by atoms with Gasteiger partial charge in [0, 0.05) is 13.6 Å². The second kappa shape index (κ2) is 6.85. The van der Waals surface area contributed by atoms with Crippen molar-refractivity contribution in [1.29, 1.82) is 0 Å². The van der Waals surface area contributed by atoms with Crippen LogP contribution in [-0.4, -0.2) is 41.0 Å². The maximum Gasteiger partial charge on any atom is 0.239 e. The van der Waals surface area contributed by atoms with Crippen LogP contribution in [0, 0.1) is 0 Å². The van der Waals surface area contributed by atoms with E-state index in [1.165, 1.54) is 6.20 Å². The van der Waals surface area contributed by atoms with Crippen LogP contribution >= 0.6 is 12.2 Å². The number of nitrogens with zero attached hydrogens (tertiary/aromatic N) is 3. The second-order valence-corrected chi connectivity index (χ2v) is 4.16. The van der Waals surface area contributed by atoms with Gasteiger partial charge in [-0.25, -0.2) is 9.97 Å². The van der Waals surface area contributed by atoms with Crippen molar-refractivity contribution in [3.63, 3.8) is 0 Å². The molecule has 18 heavy (non-hydrogen) atoms. The Labute approximate surface area is 112 Å². The van der Waals surface area contributed by atoms with E-state index in [1.807, 2.05) is 11.8 Å². The van der Waals surface area contributed by atoms with E-state index in [0.29, 0.717) is 11.5 Å². The van der Waals surface area contributed by atoms with E-state index in [4.69, 9.17) is 18.0 Å². The number of carbonyl (C=O) groups excluding carboxylic acids is 1. The number of hydrogen-bond acceptors (Lipinski definition) is 5. The molecule has 0 aliphatic rings. The predicted octanol–water partition coefficient (Wildman–Crippen LogP) is 0.0732. The lowest BCUT2D eigenvalue weighted by Crippen LogP contribution is -2.36. The first-order valence-corrected chi connectivity index (χ1v) is 6.06. The van der Waals surface area contributed by atoms with E-state index in [0.717, 1.165) is 13.0 Å². The standard InChI is InChI=1S/C11H17N5OS/c1-3-4-16(7-10(17)13-2)9-6-14-8(5-15-9)11(12)18/h5-6H,3-4,7H2,1-2H3,(H2,12,18)(H,13,17). The zero-order valence-corrected chi connectivity index (χ0v) is 11.3. The normalized spacial score (nSPS) is 9.89. The molecule has 7 heteroatoms. The summed E-state index contributed by atoms with van der Waals surface area (Å²) < 4.78 is 0. The lowest BCUT2D eigenvalue weighted by atomic mass is 10.3. The Balaban J connectivity index is 2.84. The van der Waals surface area contributed by atoms with Crippen LogP contribution in [-0.2, 0) is 4.79 Å². The average Bonchev–Trinajstić information content (AvgIpc) is 2.38. The molecule has 1 aromatic heterocycles. The van der Waals surface area contributed by atoms with E-state index in [2.05, 4.69) is 15.3 Å². The predicted molar refractivity (Wildman–Crippen MR) is 74.5 cm³/mol. The smallest absolute Gasteiger partial charge is 0.239 e. The number of anilines is 1. The van der Waals surface area contributed by atoms with Crippen molar-refractivity contribution in [2.24, 2.45) is 5.73 Å². The lowest BCUT2D eigenvalue weighted by molar-refractivity contribution is -0.119. The summed E-state index contributed by atoms with van der Waals surface area (Å²) in [5, 5.41) is 2.58. The number of carbonyl (C=O) groups is 1. The number of aromatic nitrogens is 2. The minimum absolute atomic E-state index is 0.0660. The molecule has 0 bridgehead atoms. The van der Waals surface area contributed by atoms with Gasteiger partial charge in [-0.15, -0.1) is 0 Å². The second-order valence-electron chi connectivity index (χ2n) is 3.72. The molecule has 0 saturated heterocycles. The molecule has 0 radical (unpaired) electrons. The summed E-state index contributed by atoms with van der Waals surface area (Å²) in [7, 11) is 1.61. The van der Waals surface area contributed by atoms with E-state index >= 15 is 0 Å². The molecule has 1 aromatic rings. The SMILES string of the molecule is CCCN(CC(=O)NC)c1cnc(C(N)=S)cn1. The summed E-state index contributed by atoms with van der Waals surface area (Å²) >= 11 is 4.81. The molecule has 0 saturated carbocycles. The van der Waals surface area contributed by atoms with Gasteiger partial charge in [-0.05, 0) is 6.42 Å². The maximum absolute atomic E-state index is 11.4. The van der Waals surface area contributed by atoms with Gasteiger partial charge in [0.1, 0.15) is 16.5 Å². The summed E-state index contributed by atoms with van der Waals surface area (Å²) in [5.74, 6) is 0.573. The summed E-state index contributed by atoms with van der Waals surface area (Å²) in [6, 6.07) is 0. The van der Waals surface area contributed by atoms with Gasteiger partial charge in [-0.2, -0.15) is 0 Å². The fraction of sp³-hybridized carbons (Fsp3) is 0.455. The van der Waals surface area contributed by atoms with Crippen molar-refractivity contribution in [2.45, 2.75) is 13.3 Å². The third-order valence-electron chi connectivity index (χ3n) is 2.32. The highest BCUT2D eigenvalue weighted by molar-refractivity contribution is 7.80. The lowest BCUT2D eigenvalue weighted by Gasteiger charge is -2.21. The van der Waals surface area contributed by atoms with Crippen LogP contribution in [0.25, 0.3) is 0 Å². The molecule has 0 aliphatic carbocycles. The Hall–Kier alpha value is -1.76. The fourth-order valence-corrected chi connectivity index (χ4v) is 1.51. The topological polar surface area (TPSA) is 84.1 Å². The zero-order chi connectivity index (χ0) is 13.5. The molecule has 0 fully saturated rings. The molecule has 1 heterocycles. The number of rotatable bonds is 6. The summed E-state index contributed by atoms with van der Waals surface area (Å²) in [6.07, 6.45) is 4.01. The van der Waals surface area contributed by atoms with Crippen LogP contribution < -0.4 is 16.0 Å². The Bertz CT molecular complexity index is 420. The first-order chi connectivity index (χ1) is 8.58. The molecule has 0 unspecified atom stereocenters. The van der Waals surface area contributed by atoms with E-state index in [1.54, 1.807) is 13.2 Å². The Morgan fingerprint density at radius 2 is 2.22 bits per heavy atom. The van der Waals surface area contributed by atoms with Crippen LogP contribution in [0.15, 0.2) is 12.4 Å². The number of hydrogen-bond donors (Lipinski definition) is 2. The highest BCUT2D eigenvalue weighted by Crippen LogP contribution is 2.09. The number of nitrogens with one attached hydrogen (secondary N) is 1. The first-order valence-electron chi connectivity index (χ1n) is 5.65. The molecular formula is C11H17N5OS. The van der Waals surface area contributed by atoms with Gasteiger partial charge in [0.2, 0.25) is 5.91 Å². The van der Waals surface area contributed by atoms with Crippen LogP contribution in [0.2, 0.25) is 0 Å². The van der Waals surface area contributed by atoms with Gasteiger partial charge < -0.3 is 16.0 Å². The van der Waals surface area contributed by atoms with Gasteiger partial charge in [0.05, 0.1) is 18.9 Å². The molecule has 3 N–H and O–H groups in total. The fourth-order valence-electron chi connectivity index (χ4n) is 1.41. The maximum atomic E-state index is 11.4. The molecule has 1 rings (SSSR count). The van der Waals surface area contributed by atoms with Crippen LogP contribution in [0.5, 0.6) is 0 Å². The third-order valence-corrected chi connectivity index (χ3v) is 2.53. The molecule has 98 valence electrons. The van der Waals surface area contributed by atoms with Gasteiger partial charge in [0.15, 0.2) is 0 Å². The molecule has 0 spiro atoms. The van der Waals surface area contributed by atoms with Crippen molar-refractivity contribution < 1.29 is 4.79 Å². The summed E-state index contributed by atoms with van der Waals surface area (Å²) in [5.41, 5.74) is 5.93. The quantitative estimate of drug-likeness (QED) is 0.710. The number of thiocarbonyl (C=S) groups is 1. The van der Waals surface area contributed by atoms with Gasteiger partial charge >= 0.3 is 0 Å². The Morgan fingerprint density at radius 3 is 2.67 bits per heavy atom. The third kappa shape index (κ3) is 3.92. The van der Waals surface area contributed by atoms with Gasteiger partial charge in [-0.3, -0.25) is 4.79 Å². The van der Waals surface area contributed by atoms with E-state index in [9.17, 15) is 4.79 Å². The average molecular weight is 267 g/mol. The van der Waals surface area contributed by atoms with Crippen LogP contribution in [0.3, 0.4) is 0 Å². The van der Waals surface area contributed by atoms with Crippen molar-refractivity contribution in [2.75, 3.05) is 25.0 Å². The van der Waals surface area contributed by atoms with Crippen molar-refractivity contribution in [3.05, 3.63) is 18.1 Å². The van der Waals surface area contributed by atoms with Gasteiger partial charge in [0.25, 0.3) is 0 Å². The van der Waals surface area contributed by atoms with Crippen molar-refractivity contribution in [1.82, 2.24) is 15.3 Å². The van der Waals surface area contributed by atoms with Gasteiger partial charge in [-0.1, -0.05) is 19.1 Å². The minimum Gasteiger partial charge on any atom is -0.388 e. The van der Waals surface area contributed by atoms with E-state index in [-0.39, 0.29) is 17.4 Å². The largest absolute Gasteiger partial charge is 0.388 e. The molecule has 0 aromatic carbocycles. The summed E-state index contributed by atoms with van der Waals surface area (Å²) in [6.45, 7) is 3.02. The number of nitrogens with two attached hydrogens (primary N) is 1. The highest BCUT2D eigenvalue weighted by Gasteiger charge is 2.11. The monoisotopic (exact) mass is 267 g/mol. The molecule has 0 aliphatic heterocycles. The highest BCUT2D eigenvalue weighted by atomic mass is 32.1. The molecular weight excluding hydrogens is 250 g/mol. The van der Waals surface area contributed by atoms with E-state index < -0.39 is 0 Å². The Morgan fingerprint density at radius 1 is 1.50 bits per heavy atom. The molecule has 0 atom stereocenters. The molecule has 6 nitrogen and oxygen atoms in total. The number of likely N-dealkylation sites (N-methyl/N-ethyl adjacent to an activating group) is 1. The number of amides is 1. The van der Waals surface area contributed by atoms with Crippen LogP contribution in [0.4, 0.5) is 5.82 Å². The van der Waals surface area contributed by atoms with Crippen LogP contribution in [0.1, 0.15) is 19.0 Å². The first kappa shape index (κ1) is 14.3. The molecule has 1 amide bonds. The minimum atomic E-state index is -0.0660. The summed E-state index contributed by atoms with van der Waals surface area (Å²) in [4.78, 5) is 21.8. The zero-order valence-electron chi connectivity index (χ0n) is 10.5. The Kier molecular flexibility index (Phi) is 5.44. The van der Waals surface area contributed by atoms with Crippen molar-refractivity contribution in [3.8, 4) is 0 Å².